The largest absolute Gasteiger partial charge is 0.435 e. The first-order chi connectivity index (χ1) is 31.2. The number of rotatable bonds is 16. The Hall–Kier alpha value is -4.34. The fourth-order valence-electron chi connectivity index (χ4n) is 5.83. The van der Waals surface area contributed by atoms with Gasteiger partial charge in [-0.25, -0.2) is 18.1 Å². The van der Waals surface area contributed by atoms with Crippen molar-refractivity contribution in [2.45, 2.75) is 58.3 Å². The van der Waals surface area contributed by atoms with Crippen LogP contribution in [0.1, 0.15) is 51.5 Å². The van der Waals surface area contributed by atoms with Gasteiger partial charge in [0.2, 0.25) is 0 Å². The fraction of sp³-hybridized carbons (Fsp3) is 0.295. The molecule has 67 heavy (non-hydrogen) atoms. The SMILES string of the molecule is Cc1ccc(COCCO)c(F)c1.Cl.NCc1cc(C(F)(F)F)nn1-c1cccc(Cl)c1Cl.O=C(CCc1cc(C(F)(F)F)nn1-c1cccc(Cl)c1Cl)Cc1ccc(COCCO)c(F)c1. The number of nitrogens with zero attached hydrogens (tertiary/aromatic N) is 4. The number of ketones is 1. The number of aromatic nitrogens is 4. The van der Waals surface area contributed by atoms with Crippen LogP contribution in [0.3, 0.4) is 0 Å². The van der Waals surface area contributed by atoms with Gasteiger partial charge in [-0.2, -0.15) is 36.5 Å². The lowest BCUT2D eigenvalue weighted by Crippen LogP contribution is -2.09. The first kappa shape index (κ1) is 57.0. The molecule has 10 nitrogen and oxygen atoms in total. The van der Waals surface area contributed by atoms with Gasteiger partial charge in [0.05, 0.1) is 76.8 Å². The molecular formula is C44H42Cl5F8N5O5. The normalized spacial score (nSPS) is 11.3. The summed E-state index contributed by atoms with van der Waals surface area (Å²) in [5.41, 5.74) is 6.15. The Bertz CT molecular complexity index is 2560. The van der Waals surface area contributed by atoms with Crippen LogP contribution in [0.25, 0.3) is 11.4 Å². The smallest absolute Gasteiger partial charge is 0.394 e. The van der Waals surface area contributed by atoms with Crippen molar-refractivity contribution in [2.24, 2.45) is 5.73 Å². The summed E-state index contributed by atoms with van der Waals surface area (Å²) >= 11 is 23.9. The number of benzene rings is 4. The number of aliphatic hydroxyl groups excluding tert-OH is 2. The Labute approximate surface area is 405 Å². The number of carbonyl (C=O) groups is 1. The summed E-state index contributed by atoms with van der Waals surface area (Å²) < 4.78 is 117. The Kier molecular flexibility index (Phi) is 22.5. The minimum Gasteiger partial charge on any atom is -0.394 e. The summed E-state index contributed by atoms with van der Waals surface area (Å²) in [6.07, 6.45) is -9.45. The van der Waals surface area contributed by atoms with Gasteiger partial charge in [0.25, 0.3) is 0 Å². The number of alkyl halides is 6. The van der Waals surface area contributed by atoms with Crippen molar-refractivity contribution in [3.8, 4) is 11.4 Å². The maximum Gasteiger partial charge on any atom is 0.435 e. The van der Waals surface area contributed by atoms with Crippen molar-refractivity contribution in [3.63, 3.8) is 0 Å². The van der Waals surface area contributed by atoms with E-state index in [2.05, 4.69) is 10.2 Å². The molecule has 0 saturated heterocycles. The maximum absolute atomic E-state index is 14.2. The number of aliphatic hydroxyl groups is 2. The summed E-state index contributed by atoms with van der Waals surface area (Å²) in [7, 11) is 0. The number of Topliss-reactive ketones (excluding diaryl/α,β-unsaturated/α-hetero) is 1. The summed E-state index contributed by atoms with van der Waals surface area (Å²) in [5, 5.41) is 24.8. The monoisotopic (exact) mass is 1050 g/mol. The molecule has 0 saturated carbocycles. The molecule has 4 N–H and O–H groups in total. The molecule has 0 aliphatic carbocycles. The number of ether oxygens (including phenoxy) is 2. The standard InChI is InChI=1S/C23H20Cl2F4N2O3.C11H8Cl2F3N3.C10H13FO2.ClH/c24-18-2-1-3-20(22(18)25)31-16(12-21(30-31)23(27,28)29)6-7-17(33)10-14-4-5-15(19(26)11-14)13-34-9-8-32;12-7-2-1-3-8(10(7)13)19-6(5-17)4-9(18-19)11(14,15)16;1-8-2-3-9(10(11)6-8)7-13-5-4-12;/h1-5,11-12,32H,6-10,13H2;1-4H,5,17H2;2-3,6,12H,4-5,7H2,1H3;1H. The van der Waals surface area contributed by atoms with Crippen LogP contribution in [0.4, 0.5) is 35.1 Å². The number of carbonyl (C=O) groups excluding carboxylic acids is 1. The first-order valence-electron chi connectivity index (χ1n) is 19.5. The van der Waals surface area contributed by atoms with E-state index in [1.54, 1.807) is 18.2 Å². The minimum atomic E-state index is -4.69. The minimum absolute atomic E-state index is 0. The van der Waals surface area contributed by atoms with Crippen molar-refractivity contribution < 1.29 is 59.6 Å². The van der Waals surface area contributed by atoms with Gasteiger partial charge >= 0.3 is 12.4 Å². The number of hydrogen-bond acceptors (Lipinski definition) is 8. The van der Waals surface area contributed by atoms with Gasteiger partial charge in [0.15, 0.2) is 11.4 Å². The molecule has 0 spiro atoms. The molecule has 0 bridgehead atoms. The molecule has 0 aliphatic heterocycles. The van der Waals surface area contributed by atoms with Crippen molar-refractivity contribution in [3.05, 3.63) is 162 Å². The highest BCUT2D eigenvalue weighted by molar-refractivity contribution is 6.43. The quantitative estimate of drug-likeness (QED) is 0.0644. The van der Waals surface area contributed by atoms with E-state index in [-0.39, 0.29) is 138 Å². The predicted octanol–water partition coefficient (Wildman–Crippen LogP) is 11.3. The van der Waals surface area contributed by atoms with E-state index >= 15 is 0 Å². The number of halogens is 13. The Morgan fingerprint density at radius 1 is 0.687 bits per heavy atom. The van der Waals surface area contributed by atoms with Crippen LogP contribution in [0.5, 0.6) is 0 Å². The Balaban J connectivity index is 0.000000302. The van der Waals surface area contributed by atoms with Gasteiger partial charge in [-0.15, -0.1) is 12.4 Å². The lowest BCUT2D eigenvalue weighted by Gasteiger charge is -2.10. The average Bonchev–Trinajstić information content (AvgIpc) is 3.90. The van der Waals surface area contributed by atoms with E-state index in [1.807, 2.05) is 13.0 Å². The van der Waals surface area contributed by atoms with Gasteiger partial charge in [-0.05, 0) is 73.0 Å². The van der Waals surface area contributed by atoms with Gasteiger partial charge in [0.1, 0.15) is 17.4 Å². The van der Waals surface area contributed by atoms with E-state index in [0.29, 0.717) is 11.1 Å². The zero-order chi connectivity index (χ0) is 48.8. The van der Waals surface area contributed by atoms with Crippen LogP contribution < -0.4 is 5.73 Å². The summed E-state index contributed by atoms with van der Waals surface area (Å²) in [4.78, 5) is 12.5. The number of nitrogens with two attached hydrogens (primary N) is 1. The Morgan fingerprint density at radius 3 is 1.60 bits per heavy atom. The van der Waals surface area contributed by atoms with Crippen LogP contribution in [0, 0.1) is 18.6 Å². The van der Waals surface area contributed by atoms with E-state index in [9.17, 15) is 39.9 Å². The van der Waals surface area contributed by atoms with Crippen molar-refractivity contribution >= 4 is 64.6 Å². The third-order valence-corrected chi connectivity index (χ3v) is 10.7. The summed E-state index contributed by atoms with van der Waals surface area (Å²) in [6, 6.07) is 20.1. The molecule has 0 radical (unpaired) electrons. The van der Waals surface area contributed by atoms with Gasteiger partial charge in [0, 0.05) is 36.2 Å². The molecule has 0 amide bonds. The third kappa shape index (κ3) is 16.7. The van der Waals surface area contributed by atoms with Crippen LogP contribution >= 0.6 is 58.8 Å². The average molecular weight is 1050 g/mol. The molecular weight excluding hydrogens is 1010 g/mol. The maximum atomic E-state index is 14.2. The van der Waals surface area contributed by atoms with Gasteiger partial charge in [-0.3, -0.25) is 4.79 Å². The number of hydrogen-bond donors (Lipinski definition) is 3. The van der Waals surface area contributed by atoms with E-state index < -0.39 is 29.6 Å². The van der Waals surface area contributed by atoms with Gasteiger partial charge < -0.3 is 25.4 Å². The second kappa shape index (κ2) is 26.4. The second-order valence-corrected chi connectivity index (χ2v) is 15.6. The molecule has 0 aliphatic rings. The molecule has 6 rings (SSSR count). The lowest BCUT2D eigenvalue weighted by molar-refractivity contribution is -0.142. The zero-order valence-electron chi connectivity index (χ0n) is 35.1. The van der Waals surface area contributed by atoms with E-state index in [0.717, 1.165) is 27.1 Å². The third-order valence-electron chi connectivity index (χ3n) is 9.05. The van der Waals surface area contributed by atoms with Crippen molar-refractivity contribution in [1.82, 2.24) is 19.6 Å². The molecule has 0 fully saturated rings. The first-order valence-corrected chi connectivity index (χ1v) is 21.0. The molecule has 2 heterocycles. The lowest BCUT2D eigenvalue weighted by atomic mass is 10.0. The molecule has 23 heteroatoms. The van der Waals surface area contributed by atoms with Crippen LogP contribution in [-0.2, 0) is 59.2 Å². The Morgan fingerprint density at radius 2 is 1.15 bits per heavy atom. The molecule has 0 unspecified atom stereocenters. The van der Waals surface area contributed by atoms with Crippen LogP contribution in [0.2, 0.25) is 20.1 Å². The van der Waals surface area contributed by atoms with Crippen molar-refractivity contribution in [2.75, 3.05) is 26.4 Å². The molecule has 364 valence electrons. The highest BCUT2D eigenvalue weighted by Gasteiger charge is 2.36. The highest BCUT2D eigenvalue weighted by atomic mass is 35.5. The molecule has 2 aromatic heterocycles. The van der Waals surface area contributed by atoms with Crippen LogP contribution in [0.15, 0.2) is 84.9 Å². The molecule has 4 aromatic carbocycles. The van der Waals surface area contributed by atoms with Crippen LogP contribution in [-0.4, -0.2) is 62.0 Å². The summed E-state index contributed by atoms with van der Waals surface area (Å²) in [6.45, 7) is 2.03. The van der Waals surface area contributed by atoms with E-state index in [4.69, 9.17) is 71.8 Å². The van der Waals surface area contributed by atoms with E-state index in [1.165, 1.54) is 48.5 Å². The molecule has 6 aromatic rings. The van der Waals surface area contributed by atoms with Crippen molar-refractivity contribution in [1.29, 1.82) is 0 Å². The zero-order valence-corrected chi connectivity index (χ0v) is 38.9. The second-order valence-electron chi connectivity index (χ2n) is 14.0. The topological polar surface area (TPSA) is 138 Å². The highest BCUT2D eigenvalue weighted by Crippen LogP contribution is 2.35. The molecule has 0 atom stereocenters. The summed E-state index contributed by atoms with van der Waals surface area (Å²) in [5.74, 6) is -1.09. The fourth-order valence-corrected chi connectivity index (χ4v) is 6.58. The van der Waals surface area contributed by atoms with Gasteiger partial charge in [-0.1, -0.05) is 82.8 Å². The predicted molar refractivity (Wildman–Crippen MR) is 240 cm³/mol. The number of aryl methyl sites for hydroxylation is 2.